The van der Waals surface area contributed by atoms with Crippen LogP contribution in [0.4, 0.5) is 0 Å². The molecule has 0 atom stereocenters. The molecule has 0 N–H and O–H groups in total. The molecule has 1 aliphatic rings. The lowest BCUT2D eigenvalue weighted by Crippen LogP contribution is -2.29. The standard InChI is InChI=1S/C8H9BrN2O/c9-6-4-10-8(12)11(5-6)7-2-1-3-7/h4-5,7H,1-3H2. The Morgan fingerprint density at radius 3 is 2.92 bits per heavy atom. The van der Waals surface area contributed by atoms with Crippen molar-refractivity contribution in [2.24, 2.45) is 0 Å². The van der Waals surface area contributed by atoms with Gasteiger partial charge in [-0.15, -0.1) is 0 Å². The minimum atomic E-state index is -0.136. The fourth-order valence-electron chi connectivity index (χ4n) is 1.33. The second-order valence-corrected chi connectivity index (χ2v) is 3.96. The van der Waals surface area contributed by atoms with Gasteiger partial charge in [0.2, 0.25) is 0 Å². The molecule has 12 heavy (non-hydrogen) atoms. The number of hydrogen-bond acceptors (Lipinski definition) is 2. The van der Waals surface area contributed by atoms with Crippen LogP contribution in [0.2, 0.25) is 0 Å². The first-order valence-electron chi connectivity index (χ1n) is 4.01. The number of rotatable bonds is 1. The van der Waals surface area contributed by atoms with Crippen molar-refractivity contribution in [1.82, 2.24) is 9.55 Å². The molecule has 1 heterocycles. The van der Waals surface area contributed by atoms with Crippen LogP contribution >= 0.6 is 15.9 Å². The van der Waals surface area contributed by atoms with Crippen molar-refractivity contribution < 1.29 is 0 Å². The van der Waals surface area contributed by atoms with Gasteiger partial charge in [0.1, 0.15) is 0 Å². The summed E-state index contributed by atoms with van der Waals surface area (Å²) in [5.41, 5.74) is -0.136. The average molecular weight is 229 g/mol. The van der Waals surface area contributed by atoms with Gasteiger partial charge in [0.25, 0.3) is 0 Å². The second kappa shape index (κ2) is 3.01. The first-order valence-corrected chi connectivity index (χ1v) is 4.80. The van der Waals surface area contributed by atoms with Gasteiger partial charge in [-0.3, -0.25) is 4.57 Å². The van der Waals surface area contributed by atoms with Crippen LogP contribution in [0.1, 0.15) is 25.3 Å². The van der Waals surface area contributed by atoms with Crippen molar-refractivity contribution >= 4 is 15.9 Å². The monoisotopic (exact) mass is 228 g/mol. The van der Waals surface area contributed by atoms with Gasteiger partial charge in [-0.05, 0) is 35.2 Å². The van der Waals surface area contributed by atoms with E-state index in [-0.39, 0.29) is 5.69 Å². The Morgan fingerprint density at radius 2 is 2.33 bits per heavy atom. The van der Waals surface area contributed by atoms with E-state index in [4.69, 9.17) is 0 Å². The third-order valence-electron chi connectivity index (χ3n) is 2.25. The molecule has 0 amide bonds. The second-order valence-electron chi connectivity index (χ2n) is 3.05. The van der Waals surface area contributed by atoms with Gasteiger partial charge in [-0.2, -0.15) is 0 Å². The van der Waals surface area contributed by atoms with Crippen LogP contribution in [0, 0.1) is 0 Å². The lowest BCUT2D eigenvalue weighted by atomic mass is 9.93. The van der Waals surface area contributed by atoms with E-state index in [1.807, 2.05) is 6.20 Å². The quantitative estimate of drug-likeness (QED) is 0.734. The first-order chi connectivity index (χ1) is 5.77. The molecule has 4 heteroatoms. The molecule has 0 unspecified atom stereocenters. The molecule has 0 bridgehead atoms. The van der Waals surface area contributed by atoms with Crippen molar-refractivity contribution in [3.63, 3.8) is 0 Å². The van der Waals surface area contributed by atoms with Gasteiger partial charge >= 0.3 is 5.69 Å². The van der Waals surface area contributed by atoms with E-state index < -0.39 is 0 Å². The molecule has 2 rings (SSSR count). The predicted octanol–water partition coefficient (Wildman–Crippen LogP) is 1.73. The van der Waals surface area contributed by atoms with E-state index in [0.29, 0.717) is 6.04 Å². The van der Waals surface area contributed by atoms with E-state index in [2.05, 4.69) is 20.9 Å². The molecule has 0 aromatic carbocycles. The van der Waals surface area contributed by atoms with E-state index >= 15 is 0 Å². The highest BCUT2D eigenvalue weighted by atomic mass is 79.9. The lowest BCUT2D eigenvalue weighted by molar-refractivity contribution is 0.302. The van der Waals surface area contributed by atoms with E-state index in [0.717, 1.165) is 17.3 Å². The van der Waals surface area contributed by atoms with Gasteiger partial charge in [0.05, 0.1) is 4.47 Å². The summed E-state index contributed by atoms with van der Waals surface area (Å²) >= 11 is 3.30. The Labute approximate surface area is 78.6 Å². The molecule has 0 radical (unpaired) electrons. The van der Waals surface area contributed by atoms with Crippen LogP contribution in [-0.4, -0.2) is 9.55 Å². The summed E-state index contributed by atoms with van der Waals surface area (Å²) in [6.07, 6.45) is 6.80. The van der Waals surface area contributed by atoms with E-state index in [9.17, 15) is 4.79 Å². The highest BCUT2D eigenvalue weighted by Crippen LogP contribution is 2.30. The summed E-state index contributed by atoms with van der Waals surface area (Å²) < 4.78 is 2.59. The van der Waals surface area contributed by atoms with Crippen LogP contribution < -0.4 is 5.69 Å². The summed E-state index contributed by atoms with van der Waals surface area (Å²) in [5.74, 6) is 0. The van der Waals surface area contributed by atoms with Gasteiger partial charge < -0.3 is 0 Å². The maximum atomic E-state index is 11.2. The Kier molecular flexibility index (Phi) is 2.00. The smallest absolute Gasteiger partial charge is 0.295 e. The SMILES string of the molecule is O=c1ncc(Br)cn1C1CCC1. The first kappa shape index (κ1) is 7.98. The normalized spacial score (nSPS) is 17.4. The van der Waals surface area contributed by atoms with E-state index in [1.165, 1.54) is 12.6 Å². The summed E-state index contributed by atoms with van der Waals surface area (Å²) in [5, 5.41) is 0. The van der Waals surface area contributed by atoms with Gasteiger partial charge in [-0.1, -0.05) is 0 Å². The highest BCUT2D eigenvalue weighted by molar-refractivity contribution is 9.10. The van der Waals surface area contributed by atoms with Crippen LogP contribution in [0.3, 0.4) is 0 Å². The molecule has 3 nitrogen and oxygen atoms in total. The van der Waals surface area contributed by atoms with Gasteiger partial charge in [-0.25, -0.2) is 9.78 Å². The minimum absolute atomic E-state index is 0.136. The third-order valence-corrected chi connectivity index (χ3v) is 2.66. The van der Waals surface area contributed by atoms with Crippen LogP contribution in [-0.2, 0) is 0 Å². The topological polar surface area (TPSA) is 34.9 Å². The molecular weight excluding hydrogens is 220 g/mol. The van der Waals surface area contributed by atoms with Gasteiger partial charge in [0.15, 0.2) is 0 Å². The molecule has 1 aromatic rings. The minimum Gasteiger partial charge on any atom is -0.295 e. The Hall–Kier alpha value is -0.640. The van der Waals surface area contributed by atoms with Crippen LogP contribution in [0.25, 0.3) is 0 Å². The summed E-state index contributed by atoms with van der Waals surface area (Å²) in [6.45, 7) is 0. The average Bonchev–Trinajstić information content (AvgIpc) is 1.93. The number of hydrogen-bond donors (Lipinski definition) is 0. The van der Waals surface area contributed by atoms with Gasteiger partial charge in [0, 0.05) is 18.4 Å². The fraction of sp³-hybridized carbons (Fsp3) is 0.500. The zero-order chi connectivity index (χ0) is 8.55. The Morgan fingerprint density at radius 1 is 1.58 bits per heavy atom. The summed E-state index contributed by atoms with van der Waals surface area (Å²) in [4.78, 5) is 15.0. The Balaban J connectivity index is 2.40. The Bertz CT molecular complexity index is 343. The molecular formula is C8H9BrN2O. The van der Waals surface area contributed by atoms with Crippen molar-refractivity contribution in [3.8, 4) is 0 Å². The maximum absolute atomic E-state index is 11.2. The molecule has 1 aliphatic carbocycles. The molecule has 1 aromatic heterocycles. The molecule has 1 fully saturated rings. The highest BCUT2D eigenvalue weighted by Gasteiger charge is 2.20. The summed E-state index contributed by atoms with van der Waals surface area (Å²) in [6, 6.07) is 0.391. The van der Waals surface area contributed by atoms with E-state index in [1.54, 1.807) is 4.57 Å². The number of nitrogens with zero attached hydrogens (tertiary/aromatic N) is 2. The lowest BCUT2D eigenvalue weighted by Gasteiger charge is -2.26. The molecule has 0 spiro atoms. The van der Waals surface area contributed by atoms with Crippen molar-refractivity contribution in [1.29, 1.82) is 0 Å². The zero-order valence-corrected chi connectivity index (χ0v) is 8.12. The van der Waals surface area contributed by atoms with Crippen LogP contribution in [0.15, 0.2) is 21.7 Å². The number of halogens is 1. The molecule has 64 valence electrons. The fourth-order valence-corrected chi connectivity index (χ4v) is 1.65. The van der Waals surface area contributed by atoms with Crippen LogP contribution in [0.5, 0.6) is 0 Å². The zero-order valence-electron chi connectivity index (χ0n) is 6.53. The number of aromatic nitrogens is 2. The molecule has 0 saturated heterocycles. The van der Waals surface area contributed by atoms with Crippen molar-refractivity contribution in [3.05, 3.63) is 27.4 Å². The third kappa shape index (κ3) is 1.31. The molecule has 0 aliphatic heterocycles. The summed E-state index contributed by atoms with van der Waals surface area (Å²) in [7, 11) is 0. The van der Waals surface area contributed by atoms with Crippen molar-refractivity contribution in [2.45, 2.75) is 25.3 Å². The predicted molar refractivity (Wildman–Crippen MR) is 49.1 cm³/mol. The maximum Gasteiger partial charge on any atom is 0.347 e. The largest absolute Gasteiger partial charge is 0.347 e. The molecule has 1 saturated carbocycles. The van der Waals surface area contributed by atoms with Crippen molar-refractivity contribution in [2.75, 3.05) is 0 Å².